The summed E-state index contributed by atoms with van der Waals surface area (Å²) in [6, 6.07) is 3.65. The predicted octanol–water partition coefficient (Wildman–Crippen LogP) is 2.20. The fourth-order valence-corrected chi connectivity index (χ4v) is 4.77. The van der Waals surface area contributed by atoms with E-state index < -0.39 is 0 Å². The van der Waals surface area contributed by atoms with Gasteiger partial charge in [0.05, 0.1) is 0 Å². The lowest BCUT2D eigenvalue weighted by Crippen LogP contribution is -2.52. The number of rotatable bonds is 2. The number of hydrogen-bond donors (Lipinski definition) is 1. The molecule has 3 atom stereocenters. The molecule has 3 aliphatic rings. The molecule has 3 fully saturated rings. The largest absolute Gasteiger partial charge is 0.328 e. The average Bonchev–Trinajstić information content (AvgIpc) is 2.58. The Kier molecular flexibility index (Phi) is 4.16. The number of nitrogens with zero attached hydrogens (tertiary/aromatic N) is 2. The molecule has 3 saturated heterocycles. The average molecular weight is 265 g/mol. The normalized spacial score (nSPS) is 41.7. The van der Waals surface area contributed by atoms with Crippen molar-refractivity contribution in [2.45, 2.75) is 89.0 Å². The molecule has 0 aromatic heterocycles. The van der Waals surface area contributed by atoms with Crippen molar-refractivity contribution in [2.24, 2.45) is 5.73 Å². The molecular formula is C16H31N3. The molecule has 2 N–H and O–H groups in total. The summed E-state index contributed by atoms with van der Waals surface area (Å²) in [7, 11) is 0. The lowest BCUT2D eigenvalue weighted by molar-refractivity contribution is 0.0686. The Bertz CT molecular complexity index is 290. The van der Waals surface area contributed by atoms with E-state index in [2.05, 4.69) is 23.6 Å². The van der Waals surface area contributed by atoms with Gasteiger partial charge in [0.2, 0.25) is 0 Å². The van der Waals surface area contributed by atoms with E-state index in [4.69, 9.17) is 5.73 Å². The van der Waals surface area contributed by atoms with Crippen molar-refractivity contribution in [2.75, 3.05) is 13.1 Å². The van der Waals surface area contributed by atoms with Gasteiger partial charge in [-0.2, -0.15) is 0 Å². The molecule has 3 rings (SSSR count). The van der Waals surface area contributed by atoms with Gasteiger partial charge < -0.3 is 10.6 Å². The van der Waals surface area contributed by atoms with Gasteiger partial charge in [-0.15, -0.1) is 0 Å². The van der Waals surface area contributed by atoms with Crippen LogP contribution in [0.1, 0.15) is 58.8 Å². The van der Waals surface area contributed by atoms with Crippen LogP contribution in [0.15, 0.2) is 0 Å². The van der Waals surface area contributed by atoms with Crippen LogP contribution in [-0.4, -0.2) is 53.1 Å². The minimum absolute atomic E-state index is 0.478. The summed E-state index contributed by atoms with van der Waals surface area (Å²) in [6.07, 6.45) is 9.48. The molecule has 3 unspecified atom stereocenters. The Morgan fingerprint density at radius 3 is 2.21 bits per heavy atom. The third-order valence-corrected chi connectivity index (χ3v) is 5.71. The van der Waals surface area contributed by atoms with Gasteiger partial charge in [-0.1, -0.05) is 0 Å². The minimum atomic E-state index is 0.478. The zero-order valence-corrected chi connectivity index (χ0v) is 12.7. The van der Waals surface area contributed by atoms with Crippen molar-refractivity contribution >= 4 is 0 Å². The molecule has 0 radical (unpaired) electrons. The first-order chi connectivity index (χ1) is 9.15. The van der Waals surface area contributed by atoms with Crippen molar-refractivity contribution in [3.63, 3.8) is 0 Å². The highest BCUT2D eigenvalue weighted by Crippen LogP contribution is 2.38. The summed E-state index contributed by atoms with van der Waals surface area (Å²) in [5, 5.41) is 0. The minimum Gasteiger partial charge on any atom is -0.328 e. The maximum absolute atomic E-state index is 6.21. The predicted molar refractivity (Wildman–Crippen MR) is 80.2 cm³/mol. The molecular weight excluding hydrogens is 234 g/mol. The first-order valence-electron chi connectivity index (χ1n) is 8.42. The molecule has 3 heteroatoms. The van der Waals surface area contributed by atoms with Crippen LogP contribution >= 0.6 is 0 Å². The SMILES string of the molecule is CC(C)N1CCCC(N2C3CCC2CC(N)C3)CC1. The number of piperidine rings is 1. The van der Waals surface area contributed by atoms with Crippen LogP contribution in [0, 0.1) is 0 Å². The van der Waals surface area contributed by atoms with E-state index in [0.717, 1.165) is 18.1 Å². The van der Waals surface area contributed by atoms with Crippen molar-refractivity contribution in [1.29, 1.82) is 0 Å². The molecule has 0 amide bonds. The highest BCUT2D eigenvalue weighted by atomic mass is 15.3. The Balaban J connectivity index is 1.63. The van der Waals surface area contributed by atoms with Gasteiger partial charge in [-0.05, 0) is 71.9 Å². The van der Waals surface area contributed by atoms with Crippen LogP contribution in [-0.2, 0) is 0 Å². The summed E-state index contributed by atoms with van der Waals surface area (Å²) >= 11 is 0. The Hall–Kier alpha value is -0.120. The van der Waals surface area contributed by atoms with Crippen molar-refractivity contribution in [3.8, 4) is 0 Å². The van der Waals surface area contributed by atoms with Gasteiger partial charge in [0.15, 0.2) is 0 Å². The van der Waals surface area contributed by atoms with Crippen LogP contribution in [0.3, 0.4) is 0 Å². The topological polar surface area (TPSA) is 32.5 Å². The van der Waals surface area contributed by atoms with E-state index in [9.17, 15) is 0 Å². The summed E-state index contributed by atoms with van der Waals surface area (Å²) in [6.45, 7) is 7.27. The van der Waals surface area contributed by atoms with E-state index in [1.54, 1.807) is 0 Å². The maximum Gasteiger partial charge on any atom is 0.0116 e. The molecule has 0 spiro atoms. The third kappa shape index (κ3) is 2.84. The Labute approximate surface area is 118 Å². The zero-order chi connectivity index (χ0) is 13.4. The van der Waals surface area contributed by atoms with Gasteiger partial charge in [0.1, 0.15) is 0 Å². The van der Waals surface area contributed by atoms with Crippen molar-refractivity contribution in [3.05, 3.63) is 0 Å². The molecule has 0 saturated carbocycles. The molecule has 0 aromatic carbocycles. The second-order valence-corrected chi connectivity index (χ2v) is 7.28. The Morgan fingerprint density at radius 2 is 1.58 bits per heavy atom. The molecule has 0 aromatic rings. The molecule has 2 bridgehead atoms. The van der Waals surface area contributed by atoms with Gasteiger partial charge in [-0.3, -0.25) is 4.90 Å². The third-order valence-electron chi connectivity index (χ3n) is 5.71. The molecule has 110 valence electrons. The van der Waals surface area contributed by atoms with E-state index in [1.807, 2.05) is 0 Å². The number of hydrogen-bond acceptors (Lipinski definition) is 3. The zero-order valence-electron chi connectivity index (χ0n) is 12.7. The van der Waals surface area contributed by atoms with Gasteiger partial charge in [0.25, 0.3) is 0 Å². The second-order valence-electron chi connectivity index (χ2n) is 7.28. The van der Waals surface area contributed by atoms with E-state index in [0.29, 0.717) is 12.1 Å². The van der Waals surface area contributed by atoms with E-state index in [1.165, 1.54) is 58.0 Å². The van der Waals surface area contributed by atoms with E-state index >= 15 is 0 Å². The van der Waals surface area contributed by atoms with Crippen molar-refractivity contribution in [1.82, 2.24) is 9.80 Å². The van der Waals surface area contributed by atoms with Gasteiger partial charge in [0, 0.05) is 30.2 Å². The maximum atomic E-state index is 6.21. The van der Waals surface area contributed by atoms with Crippen LogP contribution in [0.2, 0.25) is 0 Å². The van der Waals surface area contributed by atoms with Gasteiger partial charge in [-0.25, -0.2) is 0 Å². The molecule has 3 aliphatic heterocycles. The second kappa shape index (κ2) is 5.71. The standard InChI is InChI=1S/C16H31N3/c1-12(2)18-8-3-4-14(7-9-18)19-15-5-6-16(19)11-13(17)10-15/h12-16H,3-11,17H2,1-2H3. The fraction of sp³-hybridized carbons (Fsp3) is 1.00. The number of fused-ring (bicyclic) bond motifs is 2. The lowest BCUT2D eigenvalue weighted by atomic mass is 9.94. The summed E-state index contributed by atoms with van der Waals surface area (Å²) in [5.74, 6) is 0. The quantitative estimate of drug-likeness (QED) is 0.831. The highest BCUT2D eigenvalue weighted by Gasteiger charge is 2.42. The first kappa shape index (κ1) is 13.8. The van der Waals surface area contributed by atoms with Gasteiger partial charge >= 0.3 is 0 Å². The Morgan fingerprint density at radius 1 is 0.895 bits per heavy atom. The number of likely N-dealkylation sites (tertiary alicyclic amines) is 1. The summed E-state index contributed by atoms with van der Waals surface area (Å²) in [4.78, 5) is 5.56. The van der Waals surface area contributed by atoms with Crippen LogP contribution in [0.25, 0.3) is 0 Å². The molecule has 3 nitrogen and oxygen atoms in total. The summed E-state index contributed by atoms with van der Waals surface area (Å²) < 4.78 is 0. The van der Waals surface area contributed by atoms with Crippen LogP contribution in [0.4, 0.5) is 0 Å². The molecule has 19 heavy (non-hydrogen) atoms. The summed E-state index contributed by atoms with van der Waals surface area (Å²) in [5.41, 5.74) is 6.21. The lowest BCUT2D eigenvalue weighted by Gasteiger charge is -2.42. The monoisotopic (exact) mass is 265 g/mol. The number of nitrogens with two attached hydrogens (primary N) is 1. The van der Waals surface area contributed by atoms with E-state index in [-0.39, 0.29) is 0 Å². The smallest absolute Gasteiger partial charge is 0.0116 e. The van der Waals surface area contributed by atoms with Crippen LogP contribution < -0.4 is 5.73 Å². The molecule has 3 heterocycles. The first-order valence-corrected chi connectivity index (χ1v) is 8.42. The highest BCUT2D eigenvalue weighted by molar-refractivity contribution is 4.99. The fourth-order valence-electron chi connectivity index (χ4n) is 4.77. The van der Waals surface area contributed by atoms with Crippen molar-refractivity contribution < 1.29 is 0 Å². The van der Waals surface area contributed by atoms with Crippen LogP contribution in [0.5, 0.6) is 0 Å². The molecule has 0 aliphatic carbocycles.